The van der Waals surface area contributed by atoms with E-state index in [1.54, 1.807) is 0 Å². The fourth-order valence-electron chi connectivity index (χ4n) is 4.56. The molecule has 4 rings (SSSR count). The normalized spacial score (nSPS) is 15.6. The third-order valence-electron chi connectivity index (χ3n) is 6.43. The van der Waals surface area contributed by atoms with E-state index >= 15 is 0 Å². The van der Waals surface area contributed by atoms with Crippen molar-refractivity contribution in [3.05, 3.63) is 82.9 Å². The molecule has 0 aliphatic carbocycles. The Morgan fingerprint density at radius 2 is 1.68 bits per heavy atom. The monoisotopic (exact) mass is 414 g/mol. The average molecular weight is 415 g/mol. The maximum absolute atomic E-state index is 13.1. The summed E-state index contributed by atoms with van der Waals surface area (Å²) in [6.07, 6.45) is 1.39. The molecule has 1 atom stereocenters. The van der Waals surface area contributed by atoms with Gasteiger partial charge in [-0.3, -0.25) is 9.59 Å². The highest BCUT2D eigenvalue weighted by atomic mass is 16.2. The summed E-state index contributed by atoms with van der Waals surface area (Å²) in [5, 5.41) is 5.25. The summed E-state index contributed by atoms with van der Waals surface area (Å²) in [5.74, 6) is 0.0919. The van der Waals surface area contributed by atoms with E-state index < -0.39 is 0 Å². The minimum atomic E-state index is -0.0517. The summed E-state index contributed by atoms with van der Waals surface area (Å²) in [7, 11) is 0. The highest BCUT2D eigenvalue weighted by molar-refractivity contribution is 6.07. The van der Waals surface area contributed by atoms with Gasteiger partial charge in [-0.2, -0.15) is 0 Å². The van der Waals surface area contributed by atoms with Crippen molar-refractivity contribution >= 4 is 22.6 Å². The number of hydrogen-bond acceptors (Lipinski definition) is 2. The molecule has 1 aliphatic rings. The molecule has 1 aliphatic heterocycles. The molecule has 4 nitrogen and oxygen atoms in total. The summed E-state index contributed by atoms with van der Waals surface area (Å²) in [5.41, 5.74) is 4.29. The molecule has 0 saturated carbocycles. The second-order valence-corrected chi connectivity index (χ2v) is 8.68. The van der Waals surface area contributed by atoms with E-state index in [-0.39, 0.29) is 23.8 Å². The number of aryl methyl sites for hydroxylation is 2. The van der Waals surface area contributed by atoms with Crippen molar-refractivity contribution in [2.75, 3.05) is 13.1 Å². The molecule has 1 saturated heterocycles. The summed E-state index contributed by atoms with van der Waals surface area (Å²) >= 11 is 0. The maximum atomic E-state index is 13.1. The number of nitrogens with zero attached hydrogens (tertiary/aromatic N) is 1. The molecule has 3 aromatic carbocycles. The van der Waals surface area contributed by atoms with E-state index in [4.69, 9.17) is 0 Å². The number of rotatable bonds is 4. The lowest BCUT2D eigenvalue weighted by Gasteiger charge is -2.32. The third-order valence-corrected chi connectivity index (χ3v) is 6.43. The van der Waals surface area contributed by atoms with Gasteiger partial charge in [-0.05, 0) is 61.6 Å². The molecule has 0 radical (unpaired) electrons. The second-order valence-electron chi connectivity index (χ2n) is 8.68. The first kappa shape index (κ1) is 21.1. The molecule has 1 heterocycles. The van der Waals surface area contributed by atoms with Gasteiger partial charge in [-0.25, -0.2) is 0 Å². The Hall–Kier alpha value is -3.14. The van der Waals surface area contributed by atoms with Crippen LogP contribution in [0.1, 0.15) is 52.9 Å². The van der Waals surface area contributed by atoms with Gasteiger partial charge in [0.05, 0.1) is 6.04 Å². The van der Waals surface area contributed by atoms with Crippen molar-refractivity contribution in [1.29, 1.82) is 0 Å². The molecule has 3 aromatic rings. The van der Waals surface area contributed by atoms with Gasteiger partial charge in [0.2, 0.25) is 5.91 Å². The maximum Gasteiger partial charge on any atom is 0.254 e. The van der Waals surface area contributed by atoms with Crippen LogP contribution in [-0.2, 0) is 4.79 Å². The lowest BCUT2D eigenvalue weighted by Crippen LogP contribution is -2.43. The van der Waals surface area contributed by atoms with Gasteiger partial charge >= 0.3 is 0 Å². The highest BCUT2D eigenvalue weighted by Gasteiger charge is 2.29. The summed E-state index contributed by atoms with van der Waals surface area (Å²) in [6.45, 7) is 7.41. The second kappa shape index (κ2) is 8.93. The number of fused-ring (bicyclic) bond motifs is 1. The number of hydrogen-bond donors (Lipinski definition) is 1. The molecule has 2 amide bonds. The van der Waals surface area contributed by atoms with Gasteiger partial charge in [0, 0.05) is 24.6 Å². The van der Waals surface area contributed by atoms with E-state index in [9.17, 15) is 9.59 Å². The van der Waals surface area contributed by atoms with E-state index in [1.807, 2.05) is 54.3 Å². The zero-order chi connectivity index (χ0) is 22.0. The van der Waals surface area contributed by atoms with Crippen LogP contribution in [0.5, 0.6) is 0 Å². The number of piperidine rings is 1. The average Bonchev–Trinajstić information content (AvgIpc) is 2.79. The minimum Gasteiger partial charge on any atom is -0.349 e. The van der Waals surface area contributed by atoms with Gasteiger partial charge < -0.3 is 10.2 Å². The number of carbonyl (C=O) groups excluding carboxylic acids is 2. The highest BCUT2D eigenvalue weighted by Crippen LogP contribution is 2.25. The van der Waals surface area contributed by atoms with Crippen molar-refractivity contribution in [2.45, 2.75) is 39.7 Å². The molecular formula is C27H30N2O2. The first-order chi connectivity index (χ1) is 14.9. The summed E-state index contributed by atoms with van der Waals surface area (Å²) in [4.78, 5) is 27.9. The fourth-order valence-corrected chi connectivity index (χ4v) is 4.56. The molecule has 0 bridgehead atoms. The molecular weight excluding hydrogens is 384 g/mol. The Labute approximate surface area is 184 Å². The van der Waals surface area contributed by atoms with Crippen LogP contribution in [0.4, 0.5) is 0 Å². The first-order valence-electron chi connectivity index (χ1n) is 11.1. The summed E-state index contributed by atoms with van der Waals surface area (Å²) < 4.78 is 0. The molecule has 160 valence electrons. The van der Waals surface area contributed by atoms with Crippen LogP contribution in [0.15, 0.2) is 60.7 Å². The topological polar surface area (TPSA) is 49.4 Å². The van der Waals surface area contributed by atoms with Gasteiger partial charge in [-0.1, -0.05) is 60.2 Å². The van der Waals surface area contributed by atoms with Gasteiger partial charge in [0.15, 0.2) is 0 Å². The predicted octanol–water partition coefficient (Wildman–Crippen LogP) is 5.19. The fraction of sp³-hybridized carbons (Fsp3) is 0.333. The molecule has 31 heavy (non-hydrogen) atoms. The van der Waals surface area contributed by atoms with Crippen molar-refractivity contribution in [1.82, 2.24) is 10.2 Å². The number of nitrogens with one attached hydrogen (secondary N) is 1. The van der Waals surface area contributed by atoms with E-state index in [1.165, 1.54) is 11.1 Å². The Morgan fingerprint density at radius 3 is 2.45 bits per heavy atom. The predicted molar refractivity (Wildman–Crippen MR) is 125 cm³/mol. The largest absolute Gasteiger partial charge is 0.349 e. The number of amides is 2. The number of carbonyl (C=O) groups is 2. The molecule has 1 unspecified atom stereocenters. The van der Waals surface area contributed by atoms with Crippen LogP contribution >= 0.6 is 0 Å². The first-order valence-corrected chi connectivity index (χ1v) is 11.1. The number of likely N-dealkylation sites (tertiary alicyclic amines) is 1. The molecule has 1 N–H and O–H groups in total. The Balaban J connectivity index is 1.38. The molecule has 0 aromatic heterocycles. The Bertz CT molecular complexity index is 1110. The minimum absolute atomic E-state index is 0.0252. The van der Waals surface area contributed by atoms with Crippen LogP contribution in [0.25, 0.3) is 10.8 Å². The quantitative estimate of drug-likeness (QED) is 0.639. The van der Waals surface area contributed by atoms with E-state index in [2.05, 4.69) is 37.4 Å². The molecule has 0 spiro atoms. The van der Waals surface area contributed by atoms with E-state index in [0.29, 0.717) is 25.9 Å². The van der Waals surface area contributed by atoms with Crippen molar-refractivity contribution < 1.29 is 9.59 Å². The van der Waals surface area contributed by atoms with Crippen LogP contribution in [-0.4, -0.2) is 29.8 Å². The van der Waals surface area contributed by atoms with Crippen LogP contribution < -0.4 is 5.32 Å². The third kappa shape index (κ3) is 4.48. The van der Waals surface area contributed by atoms with Crippen molar-refractivity contribution in [3.8, 4) is 0 Å². The zero-order valence-electron chi connectivity index (χ0n) is 18.5. The lowest BCUT2D eigenvalue weighted by molar-refractivity contribution is -0.127. The van der Waals surface area contributed by atoms with Gasteiger partial charge in [-0.15, -0.1) is 0 Å². The molecule has 1 fully saturated rings. The lowest BCUT2D eigenvalue weighted by atomic mass is 9.93. The Kier molecular flexibility index (Phi) is 6.08. The van der Waals surface area contributed by atoms with Gasteiger partial charge in [0.1, 0.15) is 0 Å². The Morgan fingerprint density at radius 1 is 0.968 bits per heavy atom. The summed E-state index contributed by atoms with van der Waals surface area (Å²) in [6, 6.07) is 20.2. The van der Waals surface area contributed by atoms with Crippen molar-refractivity contribution in [2.24, 2.45) is 5.92 Å². The standard InChI is InChI=1S/C27H30N2O2/c1-18-11-12-19(2)25(17-18)20(3)28-26(30)22-13-15-29(16-14-22)27(31)24-10-6-8-21-7-4-5-9-23(21)24/h4-12,17,20,22H,13-16H2,1-3H3,(H,28,30). The van der Waals surface area contributed by atoms with Crippen LogP contribution in [0, 0.1) is 19.8 Å². The zero-order valence-corrected chi connectivity index (χ0v) is 18.5. The SMILES string of the molecule is Cc1ccc(C)c(C(C)NC(=O)C2CCN(C(=O)c3cccc4ccccc34)CC2)c1. The smallest absolute Gasteiger partial charge is 0.254 e. The van der Waals surface area contributed by atoms with Gasteiger partial charge in [0.25, 0.3) is 5.91 Å². The van der Waals surface area contributed by atoms with Crippen molar-refractivity contribution in [3.63, 3.8) is 0 Å². The number of benzene rings is 3. The van der Waals surface area contributed by atoms with E-state index in [0.717, 1.165) is 21.9 Å². The molecule has 4 heteroatoms. The van der Waals surface area contributed by atoms with Crippen LogP contribution in [0.3, 0.4) is 0 Å². The van der Waals surface area contributed by atoms with Crippen LogP contribution in [0.2, 0.25) is 0 Å².